The Hall–Kier alpha value is -1.18. The molecule has 0 radical (unpaired) electrons. The standard InChI is InChI=1S/C9H12N2.C3H8/c1-7-4-8(2)9(6-10-3)11-5-7;1-3-2/h4-6H,1-3H3;3H2,1-2H3. The molecule has 0 spiro atoms. The average Bonchev–Trinajstić information content (AvgIpc) is 2.11. The zero-order chi connectivity index (χ0) is 11.0. The Labute approximate surface area is 87.1 Å². The molecule has 0 aromatic carbocycles. The van der Waals surface area contributed by atoms with E-state index < -0.39 is 0 Å². The quantitative estimate of drug-likeness (QED) is 0.627. The van der Waals surface area contributed by atoms with Crippen LogP contribution in [0.5, 0.6) is 0 Å². The molecule has 0 aliphatic heterocycles. The number of rotatable bonds is 1. The first kappa shape index (κ1) is 12.8. The normalized spacial score (nSPS) is 9.79. The van der Waals surface area contributed by atoms with E-state index in [1.807, 2.05) is 20.0 Å². The maximum absolute atomic E-state index is 4.22. The first-order chi connectivity index (χ1) is 6.65. The Bertz CT molecular complexity index is 290. The fraction of sp³-hybridized carbons (Fsp3) is 0.500. The Morgan fingerprint density at radius 3 is 2.36 bits per heavy atom. The number of hydrogen-bond donors (Lipinski definition) is 0. The molecule has 1 heterocycles. The van der Waals surface area contributed by atoms with Gasteiger partial charge in [0.05, 0.1) is 5.69 Å². The third-order valence-electron chi connectivity index (χ3n) is 1.51. The third kappa shape index (κ3) is 4.75. The molecule has 2 nitrogen and oxygen atoms in total. The maximum atomic E-state index is 4.22. The topological polar surface area (TPSA) is 25.2 Å². The van der Waals surface area contributed by atoms with Gasteiger partial charge in [-0.15, -0.1) is 0 Å². The van der Waals surface area contributed by atoms with Crippen LogP contribution in [0.2, 0.25) is 0 Å². The third-order valence-corrected chi connectivity index (χ3v) is 1.51. The molecule has 0 fully saturated rings. The maximum Gasteiger partial charge on any atom is 0.0836 e. The highest BCUT2D eigenvalue weighted by Crippen LogP contribution is 2.03. The molecule has 1 aromatic heterocycles. The number of pyridine rings is 1. The minimum Gasteiger partial charge on any atom is -0.294 e. The smallest absolute Gasteiger partial charge is 0.0836 e. The summed E-state index contributed by atoms with van der Waals surface area (Å²) in [5, 5.41) is 0. The van der Waals surface area contributed by atoms with E-state index in [2.05, 4.69) is 29.9 Å². The number of nitrogens with zero attached hydrogens (tertiary/aromatic N) is 2. The SMILES string of the molecule is CCC.CN=Cc1ncc(C)cc1C. The Kier molecular flexibility index (Phi) is 6.63. The highest BCUT2D eigenvalue weighted by molar-refractivity contribution is 5.78. The van der Waals surface area contributed by atoms with Gasteiger partial charge in [0.1, 0.15) is 0 Å². The van der Waals surface area contributed by atoms with Crippen LogP contribution in [0.3, 0.4) is 0 Å². The Balaban J connectivity index is 0.000000500. The number of hydrogen-bond acceptors (Lipinski definition) is 2. The summed E-state index contributed by atoms with van der Waals surface area (Å²) < 4.78 is 0. The van der Waals surface area contributed by atoms with Crippen molar-refractivity contribution in [1.29, 1.82) is 0 Å². The van der Waals surface area contributed by atoms with Crippen molar-refractivity contribution in [2.24, 2.45) is 4.99 Å². The minimum atomic E-state index is 0.957. The molecule has 1 aromatic rings. The molecule has 0 saturated heterocycles. The number of aromatic nitrogens is 1. The molecular formula is C12H20N2. The van der Waals surface area contributed by atoms with Gasteiger partial charge in [-0.2, -0.15) is 0 Å². The van der Waals surface area contributed by atoms with Gasteiger partial charge in [-0.05, 0) is 25.0 Å². The van der Waals surface area contributed by atoms with Gasteiger partial charge < -0.3 is 0 Å². The van der Waals surface area contributed by atoms with Gasteiger partial charge in [0, 0.05) is 19.5 Å². The summed E-state index contributed by atoms with van der Waals surface area (Å²) in [7, 11) is 1.75. The van der Waals surface area contributed by atoms with Crippen LogP contribution in [0.25, 0.3) is 0 Å². The van der Waals surface area contributed by atoms with Crippen LogP contribution in [-0.2, 0) is 0 Å². The van der Waals surface area contributed by atoms with E-state index in [1.165, 1.54) is 17.5 Å². The van der Waals surface area contributed by atoms with E-state index in [9.17, 15) is 0 Å². The van der Waals surface area contributed by atoms with Crippen molar-refractivity contribution in [2.45, 2.75) is 34.1 Å². The average molecular weight is 192 g/mol. The van der Waals surface area contributed by atoms with Crippen LogP contribution < -0.4 is 0 Å². The summed E-state index contributed by atoms with van der Waals surface area (Å²) in [5.74, 6) is 0. The molecule has 14 heavy (non-hydrogen) atoms. The highest BCUT2D eigenvalue weighted by atomic mass is 14.7. The van der Waals surface area contributed by atoms with Crippen LogP contribution in [0.15, 0.2) is 17.3 Å². The van der Waals surface area contributed by atoms with Crippen LogP contribution in [0.4, 0.5) is 0 Å². The van der Waals surface area contributed by atoms with Gasteiger partial charge >= 0.3 is 0 Å². The van der Waals surface area contributed by atoms with E-state index in [0.717, 1.165) is 5.69 Å². The van der Waals surface area contributed by atoms with Gasteiger partial charge in [-0.3, -0.25) is 9.98 Å². The molecule has 0 saturated carbocycles. The van der Waals surface area contributed by atoms with Crippen molar-refractivity contribution in [3.8, 4) is 0 Å². The lowest BCUT2D eigenvalue weighted by Crippen LogP contribution is -1.92. The summed E-state index contributed by atoms with van der Waals surface area (Å²) in [6, 6.07) is 2.10. The fourth-order valence-electron chi connectivity index (χ4n) is 0.983. The van der Waals surface area contributed by atoms with Gasteiger partial charge in [-0.1, -0.05) is 26.3 Å². The predicted molar refractivity (Wildman–Crippen MR) is 63.2 cm³/mol. The lowest BCUT2D eigenvalue weighted by Gasteiger charge is -1.98. The zero-order valence-electron chi connectivity index (χ0n) is 9.83. The largest absolute Gasteiger partial charge is 0.294 e. The van der Waals surface area contributed by atoms with E-state index >= 15 is 0 Å². The van der Waals surface area contributed by atoms with E-state index in [-0.39, 0.29) is 0 Å². The molecule has 0 aliphatic rings. The molecular weight excluding hydrogens is 172 g/mol. The Morgan fingerprint density at radius 1 is 1.36 bits per heavy atom. The molecule has 0 amide bonds. The predicted octanol–water partition coefficient (Wildman–Crippen LogP) is 3.16. The van der Waals surface area contributed by atoms with Crippen LogP contribution >= 0.6 is 0 Å². The fourth-order valence-corrected chi connectivity index (χ4v) is 0.983. The zero-order valence-corrected chi connectivity index (χ0v) is 9.83. The van der Waals surface area contributed by atoms with Crippen molar-refractivity contribution >= 4 is 6.21 Å². The summed E-state index contributed by atoms with van der Waals surface area (Å²) >= 11 is 0. The van der Waals surface area contributed by atoms with E-state index in [1.54, 1.807) is 13.3 Å². The molecule has 0 atom stereocenters. The lowest BCUT2D eigenvalue weighted by atomic mass is 10.2. The first-order valence-electron chi connectivity index (χ1n) is 5.01. The second-order valence-electron chi connectivity index (χ2n) is 3.31. The number of aliphatic imine (C=N–C) groups is 1. The monoisotopic (exact) mass is 192 g/mol. The summed E-state index contributed by atoms with van der Waals surface area (Å²) in [6.45, 7) is 8.32. The summed E-state index contributed by atoms with van der Waals surface area (Å²) in [6.07, 6.45) is 4.87. The van der Waals surface area contributed by atoms with Crippen LogP contribution in [-0.4, -0.2) is 18.2 Å². The molecule has 0 N–H and O–H groups in total. The number of aryl methyl sites for hydroxylation is 2. The second kappa shape index (κ2) is 7.25. The molecule has 0 aliphatic carbocycles. The van der Waals surface area contributed by atoms with Crippen molar-refractivity contribution in [1.82, 2.24) is 4.98 Å². The van der Waals surface area contributed by atoms with Crippen molar-refractivity contribution in [2.75, 3.05) is 7.05 Å². The molecule has 0 bridgehead atoms. The molecule has 0 unspecified atom stereocenters. The van der Waals surface area contributed by atoms with Crippen LogP contribution in [0.1, 0.15) is 37.1 Å². The summed E-state index contributed by atoms with van der Waals surface area (Å²) in [4.78, 5) is 8.13. The second-order valence-corrected chi connectivity index (χ2v) is 3.31. The molecule has 1 rings (SSSR count). The van der Waals surface area contributed by atoms with Crippen molar-refractivity contribution in [3.63, 3.8) is 0 Å². The highest BCUT2D eigenvalue weighted by Gasteiger charge is 1.94. The van der Waals surface area contributed by atoms with Gasteiger partial charge in [0.2, 0.25) is 0 Å². The van der Waals surface area contributed by atoms with E-state index in [0.29, 0.717) is 0 Å². The summed E-state index contributed by atoms with van der Waals surface area (Å²) in [5.41, 5.74) is 3.32. The van der Waals surface area contributed by atoms with Crippen molar-refractivity contribution < 1.29 is 0 Å². The minimum absolute atomic E-state index is 0.957. The van der Waals surface area contributed by atoms with Gasteiger partial charge in [0.15, 0.2) is 0 Å². The van der Waals surface area contributed by atoms with Gasteiger partial charge in [0.25, 0.3) is 0 Å². The Morgan fingerprint density at radius 2 is 1.93 bits per heavy atom. The molecule has 78 valence electrons. The lowest BCUT2D eigenvalue weighted by molar-refractivity contribution is 1.09. The van der Waals surface area contributed by atoms with Crippen molar-refractivity contribution in [3.05, 3.63) is 29.1 Å². The van der Waals surface area contributed by atoms with Crippen LogP contribution in [0, 0.1) is 13.8 Å². The first-order valence-corrected chi connectivity index (χ1v) is 5.01. The molecule has 2 heteroatoms. The van der Waals surface area contributed by atoms with Gasteiger partial charge in [-0.25, -0.2) is 0 Å². The van der Waals surface area contributed by atoms with E-state index in [4.69, 9.17) is 0 Å².